The van der Waals surface area contributed by atoms with Crippen molar-refractivity contribution in [2.24, 2.45) is 0 Å². The Labute approximate surface area is 160 Å². The lowest BCUT2D eigenvalue weighted by atomic mass is 9.88. The van der Waals surface area contributed by atoms with Crippen LogP contribution in [0.5, 0.6) is 0 Å². The van der Waals surface area contributed by atoms with Gasteiger partial charge in [-0.2, -0.15) is 0 Å². The lowest BCUT2D eigenvalue weighted by Gasteiger charge is -2.37. The van der Waals surface area contributed by atoms with Crippen molar-refractivity contribution in [1.82, 2.24) is 14.8 Å². The van der Waals surface area contributed by atoms with Gasteiger partial charge in [-0.15, -0.1) is 11.3 Å². The van der Waals surface area contributed by atoms with Crippen molar-refractivity contribution < 1.29 is 14.6 Å². The van der Waals surface area contributed by atoms with Gasteiger partial charge in [0.15, 0.2) is 0 Å². The lowest BCUT2D eigenvalue weighted by molar-refractivity contribution is -0.136. The average molecular weight is 382 g/mol. The molecular formula is C19H31N3O3S. The summed E-state index contributed by atoms with van der Waals surface area (Å²) in [7, 11) is 0. The minimum atomic E-state index is -0.889. The van der Waals surface area contributed by atoms with Gasteiger partial charge < -0.3 is 14.7 Å². The first kappa shape index (κ1) is 19.7. The number of aromatic nitrogens is 1. The fraction of sp³-hybridized carbons (Fsp3) is 0.789. The van der Waals surface area contributed by atoms with Crippen molar-refractivity contribution in [1.29, 1.82) is 0 Å². The van der Waals surface area contributed by atoms with Crippen LogP contribution in [0.4, 0.5) is 0 Å². The van der Waals surface area contributed by atoms with Crippen LogP contribution in [-0.2, 0) is 21.7 Å². The van der Waals surface area contributed by atoms with E-state index in [4.69, 9.17) is 9.72 Å². The van der Waals surface area contributed by atoms with Crippen LogP contribution in [0.2, 0.25) is 0 Å². The van der Waals surface area contributed by atoms with Gasteiger partial charge >= 0.3 is 0 Å². The van der Waals surface area contributed by atoms with E-state index < -0.39 is 5.60 Å². The average Bonchev–Trinajstić information content (AvgIpc) is 3.13. The van der Waals surface area contributed by atoms with Crippen molar-refractivity contribution in [2.75, 3.05) is 39.4 Å². The van der Waals surface area contributed by atoms with Crippen LogP contribution in [0.1, 0.15) is 56.2 Å². The molecule has 26 heavy (non-hydrogen) atoms. The van der Waals surface area contributed by atoms with Crippen molar-refractivity contribution in [3.63, 3.8) is 0 Å². The van der Waals surface area contributed by atoms with E-state index >= 15 is 0 Å². The highest BCUT2D eigenvalue weighted by Gasteiger charge is 2.37. The van der Waals surface area contributed by atoms with Gasteiger partial charge in [0.05, 0.1) is 25.5 Å². The minimum absolute atomic E-state index is 0.229. The van der Waals surface area contributed by atoms with Gasteiger partial charge in [-0.3, -0.25) is 9.69 Å². The second-order valence-corrected chi connectivity index (χ2v) is 8.33. The number of carbonyl (C=O) groups excluding carboxylic acids is 1. The van der Waals surface area contributed by atoms with Gasteiger partial charge in [0.2, 0.25) is 5.91 Å². The lowest BCUT2D eigenvalue weighted by Crippen LogP contribution is -2.45. The molecule has 3 heterocycles. The Morgan fingerprint density at radius 3 is 2.69 bits per heavy atom. The predicted molar refractivity (Wildman–Crippen MR) is 102 cm³/mol. The Morgan fingerprint density at radius 1 is 1.27 bits per heavy atom. The molecule has 0 saturated carbocycles. The number of carbonyl (C=O) groups is 1. The second kappa shape index (κ2) is 9.26. The van der Waals surface area contributed by atoms with E-state index in [-0.39, 0.29) is 5.91 Å². The Kier molecular flexibility index (Phi) is 7.03. The van der Waals surface area contributed by atoms with Gasteiger partial charge in [-0.25, -0.2) is 4.98 Å². The molecule has 0 spiro atoms. The number of rotatable bonds is 7. The van der Waals surface area contributed by atoms with Crippen molar-refractivity contribution >= 4 is 17.2 Å². The molecule has 1 aromatic heterocycles. The van der Waals surface area contributed by atoms with Crippen LogP contribution in [0.15, 0.2) is 5.38 Å². The van der Waals surface area contributed by atoms with Gasteiger partial charge in [-0.1, -0.05) is 19.8 Å². The summed E-state index contributed by atoms with van der Waals surface area (Å²) in [6.45, 7) is 7.66. The first-order chi connectivity index (χ1) is 12.6. The van der Waals surface area contributed by atoms with E-state index in [9.17, 15) is 9.90 Å². The number of ether oxygens (including phenoxy) is 1. The van der Waals surface area contributed by atoms with E-state index in [0.29, 0.717) is 32.4 Å². The van der Waals surface area contributed by atoms with Gasteiger partial charge in [0, 0.05) is 38.0 Å². The van der Waals surface area contributed by atoms with E-state index in [0.717, 1.165) is 62.8 Å². The van der Waals surface area contributed by atoms with Crippen LogP contribution >= 0.6 is 11.3 Å². The third kappa shape index (κ3) is 5.03. The minimum Gasteiger partial charge on any atom is -0.383 e. The molecule has 2 aliphatic heterocycles. The molecule has 1 amide bonds. The van der Waals surface area contributed by atoms with Crippen molar-refractivity contribution in [3.8, 4) is 0 Å². The molecule has 7 heteroatoms. The first-order valence-corrected chi connectivity index (χ1v) is 10.7. The van der Waals surface area contributed by atoms with Crippen LogP contribution in [0, 0.1) is 0 Å². The third-order valence-electron chi connectivity index (χ3n) is 5.43. The maximum atomic E-state index is 12.3. The molecule has 1 N–H and O–H groups in total. The predicted octanol–water partition coefficient (Wildman–Crippen LogP) is 2.37. The molecule has 6 nitrogen and oxygen atoms in total. The second-order valence-electron chi connectivity index (χ2n) is 7.38. The van der Waals surface area contributed by atoms with Gasteiger partial charge in [0.25, 0.3) is 0 Å². The maximum Gasteiger partial charge on any atom is 0.222 e. The first-order valence-electron chi connectivity index (χ1n) is 9.86. The Balaban J connectivity index is 1.51. The molecule has 146 valence electrons. The number of amides is 1. The van der Waals surface area contributed by atoms with E-state index in [1.807, 2.05) is 10.3 Å². The molecule has 0 bridgehead atoms. The molecule has 0 aromatic carbocycles. The molecule has 3 rings (SSSR count). The summed E-state index contributed by atoms with van der Waals surface area (Å²) in [5, 5.41) is 14.1. The van der Waals surface area contributed by atoms with Crippen LogP contribution in [-0.4, -0.2) is 65.2 Å². The molecule has 2 fully saturated rings. The van der Waals surface area contributed by atoms with Gasteiger partial charge in [-0.05, 0) is 19.3 Å². The number of piperidine rings is 1. The SMILES string of the molecule is CCCCCC(=O)N1CCC(O)(c2csc(CN3CCOCC3)n2)CC1. The Morgan fingerprint density at radius 2 is 2.00 bits per heavy atom. The fourth-order valence-electron chi connectivity index (χ4n) is 3.61. The van der Waals surface area contributed by atoms with E-state index in [2.05, 4.69) is 11.8 Å². The highest BCUT2D eigenvalue weighted by atomic mass is 32.1. The van der Waals surface area contributed by atoms with Crippen molar-refractivity contribution in [3.05, 3.63) is 16.1 Å². The van der Waals surface area contributed by atoms with Gasteiger partial charge in [0.1, 0.15) is 10.6 Å². The normalized spacial score (nSPS) is 21.1. The number of nitrogens with zero attached hydrogens (tertiary/aromatic N) is 3. The molecular weight excluding hydrogens is 350 g/mol. The number of morpholine rings is 1. The molecule has 2 aliphatic rings. The number of hydrogen-bond donors (Lipinski definition) is 1. The number of thiazole rings is 1. The summed E-state index contributed by atoms with van der Waals surface area (Å²) in [4.78, 5) is 21.2. The largest absolute Gasteiger partial charge is 0.383 e. The number of hydrogen-bond acceptors (Lipinski definition) is 6. The molecule has 0 aliphatic carbocycles. The monoisotopic (exact) mass is 381 g/mol. The summed E-state index contributed by atoms with van der Waals surface area (Å²) in [5.74, 6) is 0.229. The molecule has 0 radical (unpaired) electrons. The zero-order chi connectivity index (χ0) is 18.4. The molecule has 0 unspecified atom stereocenters. The number of aliphatic hydroxyl groups is 1. The summed E-state index contributed by atoms with van der Waals surface area (Å²) < 4.78 is 5.38. The summed E-state index contributed by atoms with van der Waals surface area (Å²) in [6, 6.07) is 0. The Hall–Kier alpha value is -1.02. The number of likely N-dealkylation sites (tertiary alicyclic amines) is 1. The quantitative estimate of drug-likeness (QED) is 0.735. The fourth-order valence-corrected chi connectivity index (χ4v) is 4.54. The molecule has 2 saturated heterocycles. The molecule has 0 atom stereocenters. The van der Waals surface area contributed by atoms with E-state index in [1.165, 1.54) is 0 Å². The standard InChI is InChI=1S/C19H31N3O3S/c1-2-3-4-5-18(23)22-8-6-19(24,7-9-22)16-15-26-17(20-16)14-21-10-12-25-13-11-21/h15,24H,2-14H2,1H3. The van der Waals surface area contributed by atoms with Crippen LogP contribution in [0.3, 0.4) is 0 Å². The summed E-state index contributed by atoms with van der Waals surface area (Å²) in [5.41, 5.74) is -0.108. The van der Waals surface area contributed by atoms with Crippen LogP contribution < -0.4 is 0 Å². The highest BCUT2D eigenvalue weighted by Crippen LogP contribution is 2.34. The van der Waals surface area contributed by atoms with Crippen LogP contribution in [0.25, 0.3) is 0 Å². The topological polar surface area (TPSA) is 65.9 Å². The zero-order valence-electron chi connectivity index (χ0n) is 15.8. The number of unbranched alkanes of at least 4 members (excludes halogenated alkanes) is 2. The summed E-state index contributed by atoms with van der Waals surface area (Å²) >= 11 is 1.62. The maximum absolute atomic E-state index is 12.3. The Bertz CT molecular complexity index is 578. The van der Waals surface area contributed by atoms with E-state index in [1.54, 1.807) is 11.3 Å². The highest BCUT2D eigenvalue weighted by molar-refractivity contribution is 7.09. The smallest absolute Gasteiger partial charge is 0.222 e. The molecule has 1 aromatic rings. The van der Waals surface area contributed by atoms with Crippen molar-refractivity contribution in [2.45, 2.75) is 57.6 Å². The summed E-state index contributed by atoms with van der Waals surface area (Å²) in [6.07, 6.45) is 4.98. The zero-order valence-corrected chi connectivity index (χ0v) is 16.6. The third-order valence-corrected chi connectivity index (χ3v) is 6.26.